The second-order valence-electron chi connectivity index (χ2n) is 15.7. The third-order valence-electron chi connectivity index (χ3n) is 9.44. The Morgan fingerprint density at radius 3 is 1.38 bits per heavy atom. The molecule has 6 aromatic heterocycles. The van der Waals surface area contributed by atoms with Gasteiger partial charge in [-0.05, 0) is 98.6 Å². The molecule has 17 nitrogen and oxygen atoms in total. The molecule has 2 aromatic carbocycles. The minimum absolute atomic E-state index is 0. The van der Waals surface area contributed by atoms with E-state index >= 15 is 0 Å². The van der Waals surface area contributed by atoms with Crippen molar-refractivity contribution in [3.05, 3.63) is 144 Å². The summed E-state index contributed by atoms with van der Waals surface area (Å²) in [6.07, 6.45) is 6.68. The number of halogens is 1. The fraction of sp³-hybridized carbons (Fsp3) is 0.205. The maximum atomic E-state index is 13.0. The van der Waals surface area contributed by atoms with E-state index in [4.69, 9.17) is 23.7 Å². The summed E-state index contributed by atoms with van der Waals surface area (Å²) in [5.74, 6) is 0.580. The molecule has 4 N–H and O–H groups in total. The zero-order valence-corrected chi connectivity index (χ0v) is 41.6. The fourth-order valence-electron chi connectivity index (χ4n) is 6.09. The van der Waals surface area contributed by atoms with Gasteiger partial charge in [0.2, 0.25) is 0 Å². The minimum atomic E-state index is -3.84. The zero-order valence-electron chi connectivity index (χ0n) is 35.5. The number of pyridine rings is 2. The summed E-state index contributed by atoms with van der Waals surface area (Å²) in [5.41, 5.74) is 6.40. The molecule has 0 spiro atoms. The quantitative estimate of drug-likeness (QED) is 0.0824. The molecule has 6 heterocycles. The van der Waals surface area contributed by atoms with E-state index in [0.717, 1.165) is 32.2 Å². The van der Waals surface area contributed by atoms with E-state index in [1.165, 1.54) is 10.6 Å². The van der Waals surface area contributed by atoms with Crippen LogP contribution in [0.2, 0.25) is 0 Å². The Kier molecular flexibility index (Phi) is 17.3. The van der Waals surface area contributed by atoms with Gasteiger partial charge >= 0.3 is 19.5 Å². The monoisotopic (exact) mass is 1030 g/mol. The molecular weight excluding hydrogens is 984 g/mol. The molecule has 0 aliphatic heterocycles. The Morgan fingerprint density at radius 1 is 0.631 bits per heavy atom. The van der Waals surface area contributed by atoms with Crippen LogP contribution >= 0.6 is 15.9 Å². The number of hydrogen-bond acceptors (Lipinski definition) is 11. The first-order valence-electron chi connectivity index (χ1n) is 18.6. The third kappa shape index (κ3) is 11.9. The summed E-state index contributed by atoms with van der Waals surface area (Å²) >= 11 is 3.50. The van der Waals surface area contributed by atoms with Gasteiger partial charge in [0.15, 0.2) is 0 Å². The summed E-state index contributed by atoms with van der Waals surface area (Å²) in [6, 6.07) is 26.0. The van der Waals surface area contributed by atoms with E-state index in [-0.39, 0.29) is 53.3 Å². The number of hydrogen-bond donors (Lipinski definition) is 4. The minimum Gasteiger partial charge on any atom is -0.512 e. The van der Waals surface area contributed by atoms with E-state index in [1.807, 2.05) is 30.3 Å². The predicted molar refractivity (Wildman–Crippen MR) is 247 cm³/mol. The fourth-order valence-corrected chi connectivity index (χ4v) is 8.59. The van der Waals surface area contributed by atoms with Crippen molar-refractivity contribution in [3.63, 3.8) is 0 Å². The van der Waals surface area contributed by atoms with Gasteiger partial charge in [-0.2, -0.15) is 25.7 Å². The molecule has 8 aromatic rings. The number of nitriles is 1. The summed E-state index contributed by atoms with van der Waals surface area (Å²) in [5, 5.41) is 44.2. The Balaban J connectivity index is 0.000000312. The average molecular weight is 1030 g/mol. The molecule has 0 unspecified atom stereocenters. The third-order valence-corrected chi connectivity index (χ3v) is 12.9. The number of sulfonamides is 2. The number of nitrogens with one attached hydrogen (secondary N) is 4. The summed E-state index contributed by atoms with van der Waals surface area (Å²) in [4.78, 5) is 0.346. The molecule has 0 bridgehead atoms. The number of aromatic amines is 2. The number of nitrogens with zero attached hydrogens (tertiary/aromatic N) is 9. The number of rotatable bonds is 8. The molecule has 0 amide bonds. The van der Waals surface area contributed by atoms with Crippen molar-refractivity contribution in [1.82, 2.24) is 39.6 Å². The van der Waals surface area contributed by atoms with Gasteiger partial charge < -0.3 is 23.7 Å². The number of fused-ring (bicyclic) bond motifs is 2. The number of H-pyrrole nitrogens is 2. The van der Waals surface area contributed by atoms with Crippen LogP contribution in [0.15, 0.2) is 124 Å². The first kappa shape index (κ1) is 52.7. The largest absolute Gasteiger partial charge is 2.00 e. The molecule has 0 fully saturated rings. The number of anilines is 2. The standard InChI is InChI=1S/C21H20N6O2S.C20H20BrN5O2S.2CN.CH4.Zn/c1-21(2,3)16-5-7-17(8-6-16)30(28,29)26-20-9-4-14(11-22)19-10-18(25-27(19)20)15-12-23-24-13-15;1-20(2,3)14-4-6-15(7-5-14)29(27,28)25-19-9-8-16(21)18-10-17(24-26(18)19)13-11-22-23-12-13;2*1-2;;/h4-10,12-13,26H,1-3H3,(H,23,24);4-12,25H,1-3H3,(H,22,23);;;1H4;/q;;2*-1;;+2. The topological polar surface area (TPSA) is 256 Å². The second kappa shape index (κ2) is 21.3. The van der Waals surface area contributed by atoms with Crippen LogP contribution in [-0.4, -0.2) is 56.5 Å². The smallest absolute Gasteiger partial charge is 0.512 e. The van der Waals surface area contributed by atoms with Crippen molar-refractivity contribution in [2.45, 2.75) is 69.6 Å². The number of aromatic nitrogens is 8. The van der Waals surface area contributed by atoms with Crippen molar-refractivity contribution in [2.24, 2.45) is 0 Å². The van der Waals surface area contributed by atoms with E-state index < -0.39 is 20.0 Å². The van der Waals surface area contributed by atoms with Crippen molar-refractivity contribution in [2.75, 3.05) is 9.44 Å². The molecule has 65 heavy (non-hydrogen) atoms. The molecule has 0 radical (unpaired) electrons. The van der Waals surface area contributed by atoms with Crippen molar-refractivity contribution < 1.29 is 36.3 Å². The van der Waals surface area contributed by atoms with Crippen LogP contribution in [0.5, 0.6) is 0 Å². The molecule has 21 heteroatoms. The summed E-state index contributed by atoms with van der Waals surface area (Å²) < 4.78 is 60.8. The molecular formula is C44H44BrN13O4S2Zn. The van der Waals surface area contributed by atoms with E-state index in [1.54, 1.807) is 77.8 Å². The molecule has 8 rings (SSSR count). The molecule has 0 saturated heterocycles. The van der Waals surface area contributed by atoms with Gasteiger partial charge in [0, 0.05) is 28.0 Å². The Bertz CT molecular complexity index is 3160. The van der Waals surface area contributed by atoms with Crippen LogP contribution in [0.4, 0.5) is 11.6 Å². The van der Waals surface area contributed by atoms with E-state index in [0.29, 0.717) is 28.3 Å². The molecule has 0 atom stereocenters. The Labute approximate surface area is 399 Å². The van der Waals surface area contributed by atoms with E-state index in [9.17, 15) is 22.1 Å². The molecule has 0 aliphatic rings. The van der Waals surface area contributed by atoms with Gasteiger partial charge in [0.1, 0.15) is 17.7 Å². The van der Waals surface area contributed by atoms with Gasteiger partial charge in [-0.15, -0.1) is 0 Å². The summed E-state index contributed by atoms with van der Waals surface area (Å²) in [6.45, 7) is 22.0. The Morgan fingerprint density at radius 2 is 1.02 bits per heavy atom. The first-order chi connectivity index (χ1) is 29.8. The maximum absolute atomic E-state index is 13.0. The number of benzene rings is 2. The van der Waals surface area contributed by atoms with Crippen LogP contribution in [0.3, 0.4) is 0 Å². The summed E-state index contributed by atoms with van der Waals surface area (Å²) in [7, 11) is -7.61. The van der Waals surface area contributed by atoms with Crippen molar-refractivity contribution >= 4 is 58.6 Å². The van der Waals surface area contributed by atoms with Crippen LogP contribution in [0.1, 0.15) is 65.7 Å². The van der Waals surface area contributed by atoms with Gasteiger partial charge in [-0.1, -0.05) is 73.2 Å². The SMILES string of the molecule is C.CC(C)(C)c1ccc(S(=O)(=O)Nc2ccc(Br)c3cc(-c4cn[nH]c4)nn23)cc1.CC(C)(C)c1ccc(S(=O)(=O)Nc2ccc(C#N)c3cc(-c4cn[nH]c4)nn23)cc1.[C-]#N.[C-]#N.[Zn+2]. The van der Waals surface area contributed by atoms with Crippen LogP contribution in [-0.2, 0) is 50.4 Å². The van der Waals surface area contributed by atoms with Gasteiger partial charge in [0.05, 0.1) is 50.2 Å². The van der Waals surface area contributed by atoms with Gasteiger partial charge in [0.25, 0.3) is 20.0 Å². The molecule has 0 aliphatic carbocycles. The predicted octanol–water partition coefficient (Wildman–Crippen LogP) is 9.11. The van der Waals surface area contributed by atoms with Crippen LogP contribution < -0.4 is 9.44 Å². The van der Waals surface area contributed by atoms with Crippen molar-refractivity contribution in [3.8, 4) is 28.6 Å². The molecule has 0 saturated carbocycles. The Hall–Kier alpha value is -6.69. The maximum Gasteiger partial charge on any atom is 2.00 e. The van der Waals surface area contributed by atoms with E-state index in [2.05, 4.69) is 104 Å². The molecule has 330 valence electrons. The average Bonchev–Trinajstić information content (AvgIpc) is 4.11. The zero-order chi connectivity index (χ0) is 46.3. The van der Waals surface area contributed by atoms with Crippen LogP contribution in [0, 0.1) is 35.0 Å². The second-order valence-corrected chi connectivity index (χ2v) is 19.9. The van der Waals surface area contributed by atoms with Crippen LogP contribution in [0.25, 0.3) is 33.5 Å². The van der Waals surface area contributed by atoms with Gasteiger partial charge in [-0.25, -0.2) is 25.9 Å². The normalized spacial score (nSPS) is 11.2. The van der Waals surface area contributed by atoms with Crippen molar-refractivity contribution in [1.29, 1.82) is 15.8 Å². The van der Waals surface area contributed by atoms with Gasteiger partial charge in [-0.3, -0.25) is 19.6 Å². The first-order valence-corrected chi connectivity index (χ1v) is 22.4.